The van der Waals surface area contributed by atoms with E-state index in [1.807, 2.05) is 6.92 Å². The third-order valence-corrected chi connectivity index (χ3v) is 2.17. The molecule has 0 bridgehead atoms. The summed E-state index contributed by atoms with van der Waals surface area (Å²) in [5.74, 6) is 0.513. The van der Waals surface area contributed by atoms with Gasteiger partial charge >= 0.3 is 6.03 Å². The van der Waals surface area contributed by atoms with E-state index in [1.54, 1.807) is 13.1 Å². The number of ether oxygens (including phenoxy) is 1. The van der Waals surface area contributed by atoms with Crippen LogP contribution in [0.4, 0.5) is 16.2 Å². The fourth-order valence-electron chi connectivity index (χ4n) is 1.36. The lowest BCUT2D eigenvalue weighted by atomic mass is 10.2. The molecule has 2 amide bonds. The molecule has 6 heteroatoms. The number of methoxy groups -OCH3 is 1. The van der Waals surface area contributed by atoms with E-state index in [9.17, 15) is 9.90 Å². The topological polar surface area (TPSA) is 82.6 Å². The lowest BCUT2D eigenvalue weighted by Gasteiger charge is -2.13. The van der Waals surface area contributed by atoms with Gasteiger partial charge in [-0.1, -0.05) is 0 Å². The minimum Gasteiger partial charge on any atom is -0.506 e. The zero-order valence-corrected chi connectivity index (χ0v) is 10.1. The Hall–Kier alpha value is -2.11. The first-order valence-electron chi connectivity index (χ1n) is 5.26. The quantitative estimate of drug-likeness (QED) is 0.601. The molecule has 1 aromatic carbocycles. The van der Waals surface area contributed by atoms with E-state index in [4.69, 9.17) is 4.74 Å². The van der Waals surface area contributed by atoms with Crippen LogP contribution in [0.25, 0.3) is 0 Å². The highest BCUT2D eigenvalue weighted by Crippen LogP contribution is 2.35. The number of nitrogens with one attached hydrogen (secondary N) is 3. The Kier molecular flexibility index (Phi) is 4.45. The van der Waals surface area contributed by atoms with Gasteiger partial charge in [0.2, 0.25) is 0 Å². The molecule has 1 rings (SSSR count). The number of rotatable bonds is 4. The van der Waals surface area contributed by atoms with Gasteiger partial charge in [-0.3, -0.25) is 0 Å². The third-order valence-electron chi connectivity index (χ3n) is 2.17. The summed E-state index contributed by atoms with van der Waals surface area (Å²) in [6, 6.07) is 2.67. The van der Waals surface area contributed by atoms with Crippen molar-refractivity contribution in [1.29, 1.82) is 0 Å². The zero-order chi connectivity index (χ0) is 12.8. The van der Waals surface area contributed by atoms with Crippen LogP contribution in [0.2, 0.25) is 0 Å². The van der Waals surface area contributed by atoms with Crippen LogP contribution in [0, 0.1) is 0 Å². The number of carbonyl (C=O) groups excluding carboxylic acids is 1. The maximum atomic E-state index is 11.3. The van der Waals surface area contributed by atoms with Gasteiger partial charge in [-0.2, -0.15) is 0 Å². The van der Waals surface area contributed by atoms with Crippen molar-refractivity contribution in [2.45, 2.75) is 6.92 Å². The standard InChI is InChI=1S/C11H17N3O3/c1-4-13-11(16)14-7-6-10(17-3)8(12-2)5-9(7)15/h5-6,12,15H,4H2,1-3H3,(H2,13,14,16). The van der Waals surface area contributed by atoms with Crippen molar-refractivity contribution < 1.29 is 14.6 Å². The number of phenolic OH excluding ortho intramolecular Hbond substituents is 1. The van der Waals surface area contributed by atoms with Crippen LogP contribution >= 0.6 is 0 Å². The van der Waals surface area contributed by atoms with Crippen molar-refractivity contribution in [3.8, 4) is 11.5 Å². The Morgan fingerprint density at radius 2 is 2.12 bits per heavy atom. The van der Waals surface area contributed by atoms with Crippen LogP contribution < -0.4 is 20.7 Å². The average molecular weight is 239 g/mol. The number of hydrogen-bond acceptors (Lipinski definition) is 4. The summed E-state index contributed by atoms with van der Waals surface area (Å²) >= 11 is 0. The van der Waals surface area contributed by atoms with E-state index < -0.39 is 0 Å². The number of aromatic hydroxyl groups is 1. The first-order valence-corrected chi connectivity index (χ1v) is 5.26. The maximum absolute atomic E-state index is 11.3. The lowest BCUT2D eigenvalue weighted by molar-refractivity contribution is 0.252. The molecule has 0 saturated carbocycles. The fourth-order valence-corrected chi connectivity index (χ4v) is 1.36. The summed E-state index contributed by atoms with van der Waals surface area (Å²) < 4.78 is 5.13. The summed E-state index contributed by atoms with van der Waals surface area (Å²) in [6.45, 7) is 2.32. The number of urea groups is 1. The molecule has 0 saturated heterocycles. The number of anilines is 2. The Bertz CT molecular complexity index is 407. The van der Waals surface area contributed by atoms with Crippen LogP contribution in [-0.2, 0) is 0 Å². The van der Waals surface area contributed by atoms with Crippen molar-refractivity contribution in [2.24, 2.45) is 0 Å². The number of amides is 2. The van der Waals surface area contributed by atoms with E-state index in [0.717, 1.165) is 0 Å². The normalized spacial score (nSPS) is 9.59. The SMILES string of the molecule is CCNC(=O)Nc1cc(OC)c(NC)cc1O. The van der Waals surface area contributed by atoms with Gasteiger partial charge in [0, 0.05) is 25.7 Å². The maximum Gasteiger partial charge on any atom is 0.319 e. The van der Waals surface area contributed by atoms with Crippen LogP contribution in [0.3, 0.4) is 0 Å². The van der Waals surface area contributed by atoms with Crippen LogP contribution in [0.5, 0.6) is 11.5 Å². The molecule has 0 spiro atoms. The second kappa shape index (κ2) is 5.83. The number of hydrogen-bond donors (Lipinski definition) is 4. The predicted molar refractivity (Wildman–Crippen MR) is 66.9 cm³/mol. The lowest BCUT2D eigenvalue weighted by Crippen LogP contribution is -2.28. The molecule has 0 unspecified atom stereocenters. The highest BCUT2D eigenvalue weighted by atomic mass is 16.5. The molecule has 0 aromatic heterocycles. The first-order chi connectivity index (χ1) is 8.12. The molecule has 0 aliphatic heterocycles. The smallest absolute Gasteiger partial charge is 0.319 e. The second-order valence-corrected chi connectivity index (χ2v) is 3.30. The van der Waals surface area contributed by atoms with Gasteiger partial charge < -0.3 is 25.8 Å². The van der Waals surface area contributed by atoms with Gasteiger partial charge in [0.05, 0.1) is 18.5 Å². The van der Waals surface area contributed by atoms with Crippen molar-refractivity contribution >= 4 is 17.4 Å². The van der Waals surface area contributed by atoms with Gasteiger partial charge in [-0.05, 0) is 6.92 Å². The molecular formula is C11H17N3O3. The van der Waals surface area contributed by atoms with Crippen molar-refractivity contribution in [2.75, 3.05) is 31.3 Å². The summed E-state index contributed by atoms with van der Waals surface area (Å²) in [5.41, 5.74) is 0.943. The van der Waals surface area contributed by atoms with Gasteiger partial charge in [0.25, 0.3) is 0 Å². The van der Waals surface area contributed by atoms with E-state index in [2.05, 4.69) is 16.0 Å². The van der Waals surface area contributed by atoms with Crippen molar-refractivity contribution in [3.63, 3.8) is 0 Å². The van der Waals surface area contributed by atoms with E-state index in [0.29, 0.717) is 23.7 Å². The van der Waals surface area contributed by atoms with Crippen LogP contribution in [0.15, 0.2) is 12.1 Å². The molecule has 0 atom stereocenters. The molecule has 94 valence electrons. The van der Waals surface area contributed by atoms with Gasteiger partial charge in [0.15, 0.2) is 0 Å². The molecule has 0 aliphatic carbocycles. The summed E-state index contributed by atoms with van der Waals surface area (Å²) in [7, 11) is 3.23. The summed E-state index contributed by atoms with van der Waals surface area (Å²) in [4.78, 5) is 11.3. The highest BCUT2D eigenvalue weighted by molar-refractivity contribution is 5.92. The largest absolute Gasteiger partial charge is 0.506 e. The molecule has 6 nitrogen and oxygen atoms in total. The highest BCUT2D eigenvalue weighted by Gasteiger charge is 2.10. The van der Waals surface area contributed by atoms with E-state index in [1.165, 1.54) is 13.2 Å². The minimum atomic E-state index is -0.373. The second-order valence-electron chi connectivity index (χ2n) is 3.30. The van der Waals surface area contributed by atoms with Crippen molar-refractivity contribution in [3.05, 3.63) is 12.1 Å². The molecule has 0 fully saturated rings. The Morgan fingerprint density at radius 1 is 1.41 bits per heavy atom. The van der Waals surface area contributed by atoms with Gasteiger partial charge in [-0.25, -0.2) is 4.79 Å². The molecule has 4 N–H and O–H groups in total. The predicted octanol–water partition coefficient (Wildman–Crippen LogP) is 1.58. The molecular weight excluding hydrogens is 222 g/mol. The molecule has 0 radical (unpaired) electrons. The number of carbonyl (C=O) groups is 1. The van der Waals surface area contributed by atoms with Gasteiger partial charge in [0.1, 0.15) is 11.5 Å². The van der Waals surface area contributed by atoms with Crippen LogP contribution in [-0.4, -0.2) is 31.8 Å². The van der Waals surface area contributed by atoms with Crippen molar-refractivity contribution in [1.82, 2.24) is 5.32 Å². The summed E-state index contributed by atoms with van der Waals surface area (Å²) in [6.07, 6.45) is 0. The van der Waals surface area contributed by atoms with Crippen LogP contribution in [0.1, 0.15) is 6.92 Å². The Labute approximate surface area is 100.0 Å². The number of phenols is 1. The Morgan fingerprint density at radius 3 is 2.65 bits per heavy atom. The average Bonchev–Trinajstić information content (AvgIpc) is 2.31. The molecule has 17 heavy (non-hydrogen) atoms. The minimum absolute atomic E-state index is 0.0265. The molecule has 1 aromatic rings. The molecule has 0 aliphatic rings. The monoisotopic (exact) mass is 239 g/mol. The first kappa shape index (κ1) is 13.0. The molecule has 0 heterocycles. The van der Waals surface area contributed by atoms with E-state index in [-0.39, 0.29) is 11.8 Å². The Balaban J connectivity index is 2.96. The van der Waals surface area contributed by atoms with Gasteiger partial charge in [-0.15, -0.1) is 0 Å². The fraction of sp³-hybridized carbons (Fsp3) is 0.364. The number of benzene rings is 1. The summed E-state index contributed by atoms with van der Waals surface area (Å²) in [5, 5.41) is 17.7. The zero-order valence-electron chi connectivity index (χ0n) is 10.1. The van der Waals surface area contributed by atoms with E-state index >= 15 is 0 Å². The third kappa shape index (κ3) is 3.17.